The number of hydrogen-bond acceptors (Lipinski definition) is 7. The number of benzene rings is 2. The maximum Gasteiger partial charge on any atom is 0.327 e. The summed E-state index contributed by atoms with van der Waals surface area (Å²) in [5, 5.41) is 7.43. The van der Waals surface area contributed by atoms with Crippen molar-refractivity contribution in [2.75, 3.05) is 6.61 Å². The minimum atomic E-state index is -0.257. The van der Waals surface area contributed by atoms with E-state index < -0.39 is 0 Å². The van der Waals surface area contributed by atoms with Crippen molar-refractivity contribution in [1.82, 2.24) is 14.5 Å². The molecule has 160 valence electrons. The van der Waals surface area contributed by atoms with Crippen LogP contribution in [0.2, 0.25) is 0 Å². The summed E-state index contributed by atoms with van der Waals surface area (Å²) in [6, 6.07) is 15.6. The molecule has 4 rings (SSSR count). The monoisotopic (exact) mass is 436 g/mol. The highest BCUT2D eigenvalue weighted by molar-refractivity contribution is 7.97. The Morgan fingerprint density at radius 1 is 1.26 bits per heavy atom. The maximum atomic E-state index is 11.8. The van der Waals surface area contributed by atoms with E-state index >= 15 is 0 Å². The number of nitroso groups, excluding NO2 is 1. The molecule has 8 heteroatoms. The molecule has 1 heterocycles. The van der Waals surface area contributed by atoms with Crippen LogP contribution < -0.4 is 4.72 Å². The fourth-order valence-corrected chi connectivity index (χ4v) is 4.60. The fourth-order valence-electron chi connectivity index (χ4n) is 3.80. The van der Waals surface area contributed by atoms with Gasteiger partial charge in [-0.15, -0.1) is 4.91 Å². The first-order chi connectivity index (χ1) is 15.2. The number of hydrogen-bond donors (Lipinski definition) is 1. The summed E-state index contributed by atoms with van der Waals surface area (Å²) in [6.07, 6.45) is 4.85. The number of rotatable bonds is 8. The molecule has 1 aliphatic carbocycles. The van der Waals surface area contributed by atoms with Gasteiger partial charge in [0.25, 0.3) is 0 Å². The van der Waals surface area contributed by atoms with Gasteiger partial charge in [0.2, 0.25) is 0 Å². The third kappa shape index (κ3) is 5.03. The molecule has 1 N–H and O–H groups in total. The smallest absolute Gasteiger partial charge is 0.327 e. The standard InChI is InChI=1S/C23H24N4O3S/c1-2-30-23(28)15-27-22-8-4-7-21(20(22)14-24-27)26-31-19-11-9-16(10-12-19)17-5-3-6-18(13-17)25-29/h3,5-6,9-14,21,26H,2,4,7-8,15H2,1H3. The largest absolute Gasteiger partial charge is 0.465 e. The van der Waals surface area contributed by atoms with Crippen molar-refractivity contribution in [3.8, 4) is 11.1 Å². The summed E-state index contributed by atoms with van der Waals surface area (Å²) in [4.78, 5) is 23.7. The van der Waals surface area contributed by atoms with Gasteiger partial charge < -0.3 is 4.74 Å². The first kappa shape index (κ1) is 21.3. The molecule has 31 heavy (non-hydrogen) atoms. The molecule has 0 fully saturated rings. The Hall–Kier alpha value is -2.97. The highest BCUT2D eigenvalue weighted by Crippen LogP contribution is 2.33. The van der Waals surface area contributed by atoms with E-state index in [1.807, 2.05) is 30.5 Å². The lowest BCUT2D eigenvalue weighted by Gasteiger charge is -2.23. The minimum Gasteiger partial charge on any atom is -0.465 e. The molecule has 0 aliphatic heterocycles. The van der Waals surface area contributed by atoms with Crippen molar-refractivity contribution in [2.45, 2.75) is 43.7 Å². The lowest BCUT2D eigenvalue weighted by atomic mass is 9.94. The summed E-state index contributed by atoms with van der Waals surface area (Å²) >= 11 is 1.59. The first-order valence-electron chi connectivity index (χ1n) is 10.3. The van der Waals surface area contributed by atoms with Gasteiger partial charge in [0, 0.05) is 22.2 Å². The Kier molecular flexibility index (Phi) is 6.79. The second kappa shape index (κ2) is 9.89. The lowest BCUT2D eigenvalue weighted by molar-refractivity contribution is -0.144. The van der Waals surface area contributed by atoms with Crippen LogP contribution in [0.3, 0.4) is 0 Å². The van der Waals surface area contributed by atoms with Crippen LogP contribution in [0, 0.1) is 4.91 Å². The second-order valence-electron chi connectivity index (χ2n) is 7.34. The molecule has 0 saturated carbocycles. The number of ether oxygens (including phenoxy) is 1. The van der Waals surface area contributed by atoms with Gasteiger partial charge in [-0.2, -0.15) is 5.10 Å². The Labute approximate surface area is 185 Å². The van der Waals surface area contributed by atoms with Crippen LogP contribution in [0.5, 0.6) is 0 Å². The zero-order valence-corrected chi connectivity index (χ0v) is 18.1. The van der Waals surface area contributed by atoms with Gasteiger partial charge in [-0.1, -0.05) is 24.3 Å². The quantitative estimate of drug-likeness (QED) is 0.297. The normalized spacial score (nSPS) is 15.3. The summed E-state index contributed by atoms with van der Waals surface area (Å²) in [6.45, 7) is 2.34. The Morgan fingerprint density at radius 3 is 2.87 bits per heavy atom. The average Bonchev–Trinajstić information content (AvgIpc) is 3.21. The van der Waals surface area contributed by atoms with E-state index in [0.29, 0.717) is 12.3 Å². The average molecular weight is 437 g/mol. The number of carbonyl (C=O) groups excluding carboxylic acids is 1. The van der Waals surface area contributed by atoms with Gasteiger partial charge >= 0.3 is 5.97 Å². The van der Waals surface area contributed by atoms with Gasteiger partial charge in [0.05, 0.1) is 12.8 Å². The predicted octanol–water partition coefficient (Wildman–Crippen LogP) is 5.19. The fraction of sp³-hybridized carbons (Fsp3) is 0.304. The summed E-state index contributed by atoms with van der Waals surface area (Å²) in [5.41, 5.74) is 4.69. The molecule has 0 spiro atoms. The molecule has 0 saturated heterocycles. The van der Waals surface area contributed by atoms with Crippen molar-refractivity contribution in [1.29, 1.82) is 0 Å². The molecule has 1 aromatic heterocycles. The van der Waals surface area contributed by atoms with E-state index in [4.69, 9.17) is 4.74 Å². The van der Waals surface area contributed by atoms with Crippen LogP contribution in [-0.4, -0.2) is 22.4 Å². The number of esters is 1. The van der Waals surface area contributed by atoms with Gasteiger partial charge in [-0.25, -0.2) is 0 Å². The van der Waals surface area contributed by atoms with E-state index in [0.717, 1.165) is 46.5 Å². The lowest BCUT2D eigenvalue weighted by Crippen LogP contribution is -2.22. The number of nitrogens with one attached hydrogen (secondary N) is 1. The van der Waals surface area contributed by atoms with E-state index in [1.54, 1.807) is 35.7 Å². The Balaban J connectivity index is 1.40. The van der Waals surface area contributed by atoms with Crippen LogP contribution in [0.15, 0.2) is 64.8 Å². The number of fused-ring (bicyclic) bond motifs is 1. The topological polar surface area (TPSA) is 85.6 Å². The van der Waals surface area contributed by atoms with Gasteiger partial charge in [0.15, 0.2) is 0 Å². The molecule has 7 nitrogen and oxygen atoms in total. The first-order valence-corrected chi connectivity index (χ1v) is 11.2. The van der Waals surface area contributed by atoms with Crippen molar-refractivity contribution >= 4 is 23.6 Å². The highest BCUT2D eigenvalue weighted by atomic mass is 32.2. The van der Waals surface area contributed by atoms with Gasteiger partial charge in [-0.05, 0) is 78.7 Å². The number of carbonyl (C=O) groups is 1. The predicted molar refractivity (Wildman–Crippen MR) is 121 cm³/mol. The second-order valence-corrected chi connectivity index (χ2v) is 8.25. The zero-order chi connectivity index (χ0) is 21.6. The number of nitrogens with zero attached hydrogens (tertiary/aromatic N) is 3. The summed E-state index contributed by atoms with van der Waals surface area (Å²) in [5.74, 6) is -0.257. The van der Waals surface area contributed by atoms with Crippen LogP contribution >= 0.6 is 11.9 Å². The van der Waals surface area contributed by atoms with E-state index in [2.05, 4.69) is 27.1 Å². The van der Waals surface area contributed by atoms with E-state index in [-0.39, 0.29) is 18.6 Å². The minimum absolute atomic E-state index is 0.158. The van der Waals surface area contributed by atoms with Gasteiger partial charge in [0.1, 0.15) is 12.2 Å². The van der Waals surface area contributed by atoms with Crippen LogP contribution in [0.25, 0.3) is 11.1 Å². The molecule has 1 atom stereocenters. The molecule has 1 unspecified atom stereocenters. The SMILES string of the molecule is CCOC(=O)Cn1ncc2c1CCCC2NSc1ccc(-c2cccc(N=O)c2)cc1. The Bertz CT molecular complexity index is 1060. The molecule has 0 bridgehead atoms. The Morgan fingerprint density at radius 2 is 2.10 bits per heavy atom. The molecule has 2 aromatic carbocycles. The van der Waals surface area contributed by atoms with Crippen molar-refractivity contribution in [2.24, 2.45) is 5.18 Å². The molecule has 1 aliphatic rings. The van der Waals surface area contributed by atoms with Crippen molar-refractivity contribution < 1.29 is 9.53 Å². The zero-order valence-electron chi connectivity index (χ0n) is 17.3. The molecular formula is C23H24N4O3S. The number of aromatic nitrogens is 2. The van der Waals surface area contributed by atoms with Crippen molar-refractivity contribution in [3.05, 3.63) is 70.9 Å². The van der Waals surface area contributed by atoms with Gasteiger partial charge in [-0.3, -0.25) is 14.2 Å². The summed E-state index contributed by atoms with van der Waals surface area (Å²) in [7, 11) is 0. The molecule has 3 aromatic rings. The van der Waals surface area contributed by atoms with E-state index in [1.165, 1.54) is 0 Å². The maximum absolute atomic E-state index is 11.8. The molecular weight excluding hydrogens is 412 g/mol. The molecule has 0 amide bonds. The third-order valence-corrected chi connectivity index (χ3v) is 6.22. The molecule has 0 radical (unpaired) electrons. The van der Waals surface area contributed by atoms with Crippen LogP contribution in [0.4, 0.5) is 5.69 Å². The van der Waals surface area contributed by atoms with Crippen molar-refractivity contribution in [3.63, 3.8) is 0 Å². The highest BCUT2D eigenvalue weighted by Gasteiger charge is 2.25. The van der Waals surface area contributed by atoms with E-state index in [9.17, 15) is 9.70 Å². The van der Waals surface area contributed by atoms with Crippen LogP contribution in [0.1, 0.15) is 37.1 Å². The summed E-state index contributed by atoms with van der Waals surface area (Å²) < 4.78 is 10.4. The van der Waals surface area contributed by atoms with Crippen LogP contribution in [-0.2, 0) is 22.5 Å². The third-order valence-electron chi connectivity index (χ3n) is 5.31.